The Balaban J connectivity index is 0.572. The van der Waals surface area contributed by atoms with Crippen molar-refractivity contribution in [1.29, 1.82) is 0 Å². The highest BCUT2D eigenvalue weighted by Crippen LogP contribution is 2.51. The number of hydrazine groups is 2. The highest BCUT2D eigenvalue weighted by Gasteiger charge is 2.53. The molecule has 0 bridgehead atoms. The van der Waals surface area contributed by atoms with Gasteiger partial charge in [0.1, 0.15) is 0 Å². The summed E-state index contributed by atoms with van der Waals surface area (Å²) in [4.78, 5) is 147. The van der Waals surface area contributed by atoms with Crippen LogP contribution in [0.25, 0.3) is 0 Å². The average molecular weight is 1830 g/mol. The lowest BCUT2D eigenvalue weighted by Crippen LogP contribution is -2.54. The number of amides is 9. The maximum Gasteiger partial charge on any atom is 0.242 e. The number of piperazine rings is 2. The zero-order chi connectivity index (χ0) is 93.3. The number of rotatable bonds is 47. The lowest BCUT2D eigenvalue weighted by molar-refractivity contribution is -0.148. The van der Waals surface area contributed by atoms with Gasteiger partial charge in [-0.2, -0.15) is 5.53 Å². The van der Waals surface area contributed by atoms with Crippen LogP contribution in [0.4, 0.5) is 0 Å². The Hall–Kier alpha value is -5.37. The van der Waals surface area contributed by atoms with Crippen molar-refractivity contribution in [2.24, 2.45) is 46.2 Å². The molecule has 0 aromatic carbocycles. The van der Waals surface area contributed by atoms with Gasteiger partial charge in [-0.3, -0.25) is 84.9 Å². The van der Waals surface area contributed by atoms with Crippen LogP contribution in [0.1, 0.15) is 250 Å². The number of primary amides is 1. The third-order valence-electron chi connectivity index (χ3n) is 30.9. The number of nitrogens with two attached hydrogens (primary N) is 1. The van der Waals surface area contributed by atoms with E-state index >= 15 is 0 Å². The SMILES string of the molecule is CCCN(CC(=O)N(CCC)CC(=O)N(CCC)CC(=O)N(CCC)CC(=O)N(CCC)CC(=O)N(CCC)CC(=O)N(CC(N)=O)CC1CN(CCCNC(=O)CCCOC2C(C(C)(C)C)CC(C3NC4CCC(N5CCN(C)CC5)CC4N3)CC2C(C)(C)C)NN1)C(=O)CCCOC1CCCC(C2NC3CCC(C4NC5CCC(N6CCN(C)CC6)CC5N4)CC3N2)C1. The molecule has 11 rings (SSSR count). The van der Waals surface area contributed by atoms with Gasteiger partial charge < -0.3 is 64.6 Å². The number of hydrogen-bond donors (Lipinski definition) is 10. The summed E-state index contributed by atoms with van der Waals surface area (Å²) in [6, 6.07) is 4.17. The molecular formula is C97H178N22O11. The summed E-state index contributed by atoms with van der Waals surface area (Å²) in [5.41, 5.74) is 12.2. The van der Waals surface area contributed by atoms with Crippen LogP contribution >= 0.6 is 0 Å². The molecule has 0 radical (unpaired) electrons. The number of nitrogens with one attached hydrogen (secondary N) is 9. The van der Waals surface area contributed by atoms with Gasteiger partial charge in [0, 0.05) is 192 Å². The van der Waals surface area contributed by atoms with Crippen molar-refractivity contribution in [1.82, 2.24) is 107 Å². The van der Waals surface area contributed by atoms with Gasteiger partial charge in [-0.25, -0.2) is 10.4 Å². The van der Waals surface area contributed by atoms with Gasteiger partial charge in [0.25, 0.3) is 0 Å². The molecule has 9 amide bonds. The monoisotopic (exact) mass is 1830 g/mol. The molecule has 11 aliphatic rings. The van der Waals surface area contributed by atoms with Gasteiger partial charge in [-0.1, -0.05) is 89.5 Å². The molecule has 0 aromatic heterocycles. The van der Waals surface area contributed by atoms with Crippen molar-refractivity contribution >= 4 is 53.2 Å². The Kier molecular flexibility index (Phi) is 41.4. The average Bonchev–Trinajstić information content (AvgIpc) is 1.49. The van der Waals surface area contributed by atoms with Gasteiger partial charge in [0.15, 0.2) is 0 Å². The summed E-state index contributed by atoms with van der Waals surface area (Å²) < 4.78 is 13.5. The molecule has 6 saturated heterocycles. The van der Waals surface area contributed by atoms with E-state index < -0.39 is 35.4 Å². The lowest BCUT2D eigenvalue weighted by atomic mass is 9.58. The predicted octanol–water partition coefficient (Wildman–Crippen LogP) is 4.36. The van der Waals surface area contributed by atoms with Gasteiger partial charge in [0.2, 0.25) is 53.2 Å². The van der Waals surface area contributed by atoms with Crippen LogP contribution in [0.3, 0.4) is 0 Å². The van der Waals surface area contributed by atoms with E-state index in [1.54, 1.807) is 4.90 Å². The fourth-order valence-electron chi connectivity index (χ4n) is 23.6. The van der Waals surface area contributed by atoms with Crippen LogP contribution in [0.2, 0.25) is 0 Å². The van der Waals surface area contributed by atoms with Crippen molar-refractivity contribution in [3.05, 3.63) is 0 Å². The van der Waals surface area contributed by atoms with Crippen LogP contribution in [0.15, 0.2) is 0 Å². The van der Waals surface area contributed by atoms with Crippen molar-refractivity contribution in [2.75, 3.05) is 191 Å². The summed E-state index contributed by atoms with van der Waals surface area (Å²) in [6.45, 7) is 36.9. The van der Waals surface area contributed by atoms with E-state index in [0.717, 1.165) is 51.6 Å². The summed E-state index contributed by atoms with van der Waals surface area (Å²) in [7, 11) is 4.48. The molecule has 33 nitrogen and oxygen atoms in total. The molecule has 17 atom stereocenters. The van der Waals surface area contributed by atoms with Crippen LogP contribution in [0.5, 0.6) is 0 Å². The summed E-state index contributed by atoms with van der Waals surface area (Å²) in [6.07, 6.45) is 24.4. The second kappa shape index (κ2) is 51.2. The predicted molar refractivity (Wildman–Crippen MR) is 508 cm³/mol. The first-order valence-corrected chi connectivity index (χ1v) is 51.7. The molecule has 6 aliphatic heterocycles. The van der Waals surface area contributed by atoms with E-state index in [1.807, 2.05) is 46.6 Å². The van der Waals surface area contributed by atoms with E-state index in [1.165, 1.54) is 126 Å². The van der Waals surface area contributed by atoms with E-state index in [0.29, 0.717) is 194 Å². The summed E-state index contributed by atoms with van der Waals surface area (Å²) in [5.74, 6) is -1.21. The number of carbonyl (C=O) groups excluding carboxylic acids is 9. The van der Waals surface area contributed by atoms with Crippen molar-refractivity contribution in [2.45, 2.75) is 335 Å². The third kappa shape index (κ3) is 30.6. The second-order valence-corrected chi connectivity index (χ2v) is 43.1. The first-order chi connectivity index (χ1) is 62.3. The zero-order valence-corrected chi connectivity index (χ0v) is 82.9. The Morgan fingerprint density at radius 1 is 0.408 bits per heavy atom. The largest absolute Gasteiger partial charge is 0.378 e. The minimum atomic E-state index is -0.712. The van der Waals surface area contributed by atoms with Crippen LogP contribution in [-0.4, -0.2) is 388 Å². The molecule has 17 unspecified atom stereocenters. The van der Waals surface area contributed by atoms with Crippen LogP contribution in [-0.2, 0) is 52.6 Å². The smallest absolute Gasteiger partial charge is 0.242 e. The molecule has 742 valence electrons. The van der Waals surface area contributed by atoms with E-state index in [4.69, 9.17) is 15.2 Å². The van der Waals surface area contributed by atoms with E-state index in [-0.39, 0.29) is 144 Å². The van der Waals surface area contributed by atoms with Gasteiger partial charge in [-0.15, -0.1) is 0 Å². The van der Waals surface area contributed by atoms with Crippen LogP contribution < -0.4 is 53.9 Å². The molecule has 5 saturated carbocycles. The minimum absolute atomic E-state index is 0.0136. The van der Waals surface area contributed by atoms with Crippen molar-refractivity contribution in [3.8, 4) is 0 Å². The van der Waals surface area contributed by atoms with Gasteiger partial charge in [0.05, 0.1) is 82.6 Å². The first kappa shape index (κ1) is 105. The maximum atomic E-state index is 14.4. The van der Waals surface area contributed by atoms with Gasteiger partial charge in [-0.05, 0) is 202 Å². The number of fused-ring (bicyclic) bond motifs is 3. The van der Waals surface area contributed by atoms with Crippen molar-refractivity contribution in [3.63, 3.8) is 0 Å². The molecule has 5 aliphatic carbocycles. The standard InChI is InChI=1S/C97H178N22O11/c1-15-36-112(85(122)28-23-51-129-74-26-21-25-68(53-74)93-100-77-32-29-69(56-80(77)103-93)94-101-78-33-30-72(57-81(78)104-94)110-47-43-108(13)44-48-110)62-86(123)113(37-16-2)63-87(124)114(38-17-3)64-88(125)115(39-18-4)65-89(126)116(40-19-5)66-90(127)117(41-20-6)67-91(128)118(61-83(98)120)59-71-60-119(107-106-71)42-24-35-99-84(121)27-22-52-130-92-75(96(7,8)9)54-70(55-76(92)97(10,11)12)95-102-79-34-31-73(58-82(79)105-95)111-49-45-109(14)46-50-111/h68-82,92-95,100-107H,15-67H2,1-14H3,(H2,98,120)(H,99,121). The van der Waals surface area contributed by atoms with E-state index in [2.05, 4.69) is 123 Å². The fourth-order valence-corrected chi connectivity index (χ4v) is 23.6. The maximum absolute atomic E-state index is 14.4. The first-order valence-electron chi connectivity index (χ1n) is 51.7. The Morgan fingerprint density at radius 2 is 0.800 bits per heavy atom. The molecule has 0 aromatic rings. The number of carbonyl (C=O) groups is 9. The highest BCUT2D eigenvalue weighted by molar-refractivity contribution is 5.93. The fraction of sp³-hybridized carbons (Fsp3) is 0.907. The molecule has 6 heterocycles. The third-order valence-corrected chi connectivity index (χ3v) is 30.9. The van der Waals surface area contributed by atoms with Crippen molar-refractivity contribution < 1.29 is 52.6 Å². The lowest BCUT2D eigenvalue weighted by Gasteiger charge is -2.52. The number of nitrogens with zero attached hydrogens (tertiary/aromatic N) is 12. The Morgan fingerprint density at radius 3 is 1.24 bits per heavy atom. The Bertz CT molecular complexity index is 3520. The topological polar surface area (TPSA) is 345 Å². The molecule has 130 heavy (non-hydrogen) atoms. The molecule has 11 N–H and O–H groups in total. The quantitative estimate of drug-likeness (QED) is 0.0379. The summed E-state index contributed by atoms with van der Waals surface area (Å²) in [5, 5.41) is 29.7. The second-order valence-electron chi connectivity index (χ2n) is 43.1. The van der Waals surface area contributed by atoms with Gasteiger partial charge >= 0.3 is 0 Å². The minimum Gasteiger partial charge on any atom is -0.378 e. The molecule has 11 fully saturated rings. The summed E-state index contributed by atoms with van der Waals surface area (Å²) >= 11 is 0. The number of likely N-dealkylation sites (N-methyl/N-ethyl adjacent to an activating group) is 2. The number of ether oxygens (including phenoxy) is 2. The number of hydrogen-bond acceptors (Lipinski definition) is 24. The zero-order valence-electron chi connectivity index (χ0n) is 82.9. The Labute approximate surface area is 781 Å². The molecular weight excluding hydrogens is 1650 g/mol. The normalized spacial score (nSPS) is 30.1. The molecule has 33 heteroatoms. The van der Waals surface area contributed by atoms with E-state index in [9.17, 15) is 43.2 Å². The highest BCUT2D eigenvalue weighted by atomic mass is 16.5. The molecule has 0 spiro atoms. The van der Waals surface area contributed by atoms with Crippen LogP contribution in [0, 0.1) is 40.4 Å².